The molecule has 0 saturated carbocycles. The Morgan fingerprint density at radius 1 is 1.44 bits per heavy atom. The summed E-state index contributed by atoms with van der Waals surface area (Å²) in [5.74, 6) is -0.503. The van der Waals surface area contributed by atoms with Crippen LogP contribution in [0.2, 0.25) is 0 Å². The molecule has 0 aliphatic carbocycles. The van der Waals surface area contributed by atoms with Gasteiger partial charge in [0.25, 0.3) is 0 Å². The van der Waals surface area contributed by atoms with Crippen LogP contribution in [0, 0.1) is 0 Å². The number of esters is 1. The van der Waals surface area contributed by atoms with Gasteiger partial charge in [0.2, 0.25) is 6.10 Å². The average Bonchev–Trinajstić information content (AvgIpc) is 2.76. The zero-order valence-corrected chi connectivity index (χ0v) is 11.6. The minimum absolute atomic E-state index is 0.0299. The fourth-order valence-corrected chi connectivity index (χ4v) is 3.20. The van der Waals surface area contributed by atoms with Gasteiger partial charge in [-0.05, 0) is 13.8 Å². The van der Waals surface area contributed by atoms with E-state index in [0.29, 0.717) is 5.71 Å². The predicted molar refractivity (Wildman–Crippen MR) is 64.7 cm³/mol. The molecule has 1 heterocycles. The molecule has 0 spiro atoms. The molecule has 0 fully saturated rings. The summed E-state index contributed by atoms with van der Waals surface area (Å²) in [4.78, 5) is 16.1. The SMILES string of the molecule is CCOP(=O)(CC1=NOC(C(=O)OC)C1)OCC. The van der Waals surface area contributed by atoms with Crippen molar-refractivity contribution in [2.75, 3.05) is 26.5 Å². The summed E-state index contributed by atoms with van der Waals surface area (Å²) in [6.07, 6.45) is -0.486. The first-order valence-electron chi connectivity index (χ1n) is 5.72. The molecular formula is C10H18NO6P. The minimum atomic E-state index is -3.20. The van der Waals surface area contributed by atoms with Crippen LogP contribution in [0.5, 0.6) is 0 Å². The Labute approximate surface area is 106 Å². The van der Waals surface area contributed by atoms with Crippen molar-refractivity contribution in [1.82, 2.24) is 0 Å². The Bertz CT molecular complexity index is 359. The van der Waals surface area contributed by atoms with Crippen LogP contribution in [0.4, 0.5) is 0 Å². The third kappa shape index (κ3) is 4.08. The summed E-state index contributed by atoms with van der Waals surface area (Å²) in [6.45, 7) is 4.03. The van der Waals surface area contributed by atoms with Crippen LogP contribution in [-0.2, 0) is 28.0 Å². The van der Waals surface area contributed by atoms with E-state index in [9.17, 15) is 9.36 Å². The highest BCUT2D eigenvalue weighted by Crippen LogP contribution is 2.48. The number of ether oxygens (including phenoxy) is 1. The van der Waals surface area contributed by atoms with Crippen LogP contribution in [-0.4, -0.2) is 44.3 Å². The molecule has 1 aliphatic rings. The number of methoxy groups -OCH3 is 1. The van der Waals surface area contributed by atoms with Gasteiger partial charge in [0.05, 0.1) is 32.2 Å². The Morgan fingerprint density at radius 2 is 2.06 bits per heavy atom. The second kappa shape index (κ2) is 6.87. The number of nitrogens with zero attached hydrogens (tertiary/aromatic N) is 1. The van der Waals surface area contributed by atoms with Crippen LogP contribution >= 0.6 is 7.60 Å². The fourth-order valence-electron chi connectivity index (χ4n) is 1.52. The average molecular weight is 279 g/mol. The van der Waals surface area contributed by atoms with E-state index in [0.717, 1.165) is 0 Å². The van der Waals surface area contributed by atoms with E-state index >= 15 is 0 Å². The number of oxime groups is 1. The molecule has 0 aromatic rings. The zero-order valence-electron chi connectivity index (χ0n) is 10.7. The summed E-state index contributed by atoms with van der Waals surface area (Å²) in [7, 11) is -1.92. The van der Waals surface area contributed by atoms with Crippen LogP contribution in [0.25, 0.3) is 0 Å². The van der Waals surface area contributed by atoms with E-state index in [-0.39, 0.29) is 25.8 Å². The van der Waals surface area contributed by atoms with Gasteiger partial charge in [-0.2, -0.15) is 0 Å². The lowest BCUT2D eigenvalue weighted by Crippen LogP contribution is -2.22. The topological polar surface area (TPSA) is 83.4 Å². The molecular weight excluding hydrogens is 261 g/mol. The quantitative estimate of drug-likeness (QED) is 0.519. The number of carbonyl (C=O) groups excluding carboxylic acids is 1. The summed E-state index contributed by atoms with van der Waals surface area (Å²) < 4.78 is 27.0. The second-order valence-electron chi connectivity index (χ2n) is 3.58. The maximum absolute atomic E-state index is 12.2. The van der Waals surface area contributed by atoms with Gasteiger partial charge < -0.3 is 18.6 Å². The molecule has 18 heavy (non-hydrogen) atoms. The van der Waals surface area contributed by atoms with E-state index in [4.69, 9.17) is 13.9 Å². The Morgan fingerprint density at radius 3 is 2.56 bits per heavy atom. The summed E-state index contributed by atoms with van der Waals surface area (Å²) in [6, 6.07) is 0. The number of hydrogen-bond donors (Lipinski definition) is 0. The van der Waals surface area contributed by atoms with Crippen LogP contribution in [0.3, 0.4) is 0 Å². The largest absolute Gasteiger partial charge is 0.466 e. The molecule has 1 atom stereocenters. The van der Waals surface area contributed by atoms with Gasteiger partial charge in [-0.3, -0.25) is 4.57 Å². The van der Waals surface area contributed by atoms with Crippen molar-refractivity contribution in [2.24, 2.45) is 5.16 Å². The van der Waals surface area contributed by atoms with E-state index in [1.807, 2.05) is 0 Å². The molecule has 7 nitrogen and oxygen atoms in total. The van der Waals surface area contributed by atoms with Crippen molar-refractivity contribution in [2.45, 2.75) is 26.4 Å². The van der Waals surface area contributed by atoms with Gasteiger partial charge in [-0.15, -0.1) is 0 Å². The van der Waals surface area contributed by atoms with Crippen molar-refractivity contribution in [3.63, 3.8) is 0 Å². The minimum Gasteiger partial charge on any atom is -0.466 e. The van der Waals surface area contributed by atoms with Crippen LogP contribution in [0.1, 0.15) is 20.3 Å². The normalized spacial score (nSPS) is 19.3. The summed E-state index contributed by atoms with van der Waals surface area (Å²) in [5.41, 5.74) is 0.482. The molecule has 0 aromatic heterocycles. The molecule has 1 aliphatic heterocycles. The van der Waals surface area contributed by atoms with Crippen LogP contribution < -0.4 is 0 Å². The fraction of sp³-hybridized carbons (Fsp3) is 0.800. The molecule has 104 valence electrons. The van der Waals surface area contributed by atoms with Crippen molar-refractivity contribution in [3.8, 4) is 0 Å². The third-order valence-corrected chi connectivity index (χ3v) is 4.28. The van der Waals surface area contributed by atoms with Crippen LogP contribution in [0.15, 0.2) is 5.16 Å². The highest BCUT2D eigenvalue weighted by Gasteiger charge is 2.34. The van der Waals surface area contributed by atoms with Gasteiger partial charge in [-0.25, -0.2) is 4.79 Å². The highest BCUT2D eigenvalue weighted by molar-refractivity contribution is 7.54. The standard InChI is InChI=1S/C10H18NO6P/c1-4-15-18(13,16-5-2)7-8-6-9(17-11-8)10(12)14-3/h9H,4-7H2,1-3H3. The first-order chi connectivity index (χ1) is 8.54. The third-order valence-electron chi connectivity index (χ3n) is 2.22. The highest BCUT2D eigenvalue weighted by atomic mass is 31.2. The molecule has 1 rings (SSSR count). The molecule has 0 saturated heterocycles. The molecule has 0 aromatic carbocycles. The number of hydrogen-bond acceptors (Lipinski definition) is 7. The predicted octanol–water partition coefficient (Wildman–Crippen LogP) is 1.57. The van der Waals surface area contributed by atoms with E-state index in [1.54, 1.807) is 13.8 Å². The van der Waals surface area contributed by atoms with Gasteiger partial charge in [-0.1, -0.05) is 5.16 Å². The van der Waals surface area contributed by atoms with Crippen molar-refractivity contribution < 1.29 is 28.0 Å². The van der Waals surface area contributed by atoms with Gasteiger partial charge in [0.1, 0.15) is 0 Å². The van der Waals surface area contributed by atoms with Crippen molar-refractivity contribution >= 4 is 19.3 Å². The molecule has 0 N–H and O–H groups in total. The smallest absolute Gasteiger partial charge is 0.350 e. The molecule has 0 amide bonds. The number of carbonyl (C=O) groups is 1. The monoisotopic (exact) mass is 279 g/mol. The van der Waals surface area contributed by atoms with Crippen molar-refractivity contribution in [1.29, 1.82) is 0 Å². The van der Waals surface area contributed by atoms with Gasteiger partial charge in [0.15, 0.2) is 0 Å². The van der Waals surface area contributed by atoms with Gasteiger partial charge >= 0.3 is 13.6 Å². The summed E-state index contributed by atoms with van der Waals surface area (Å²) >= 11 is 0. The number of rotatable bonds is 7. The Hall–Kier alpha value is -0.910. The van der Waals surface area contributed by atoms with E-state index in [2.05, 4.69) is 9.89 Å². The molecule has 0 radical (unpaired) electrons. The lowest BCUT2D eigenvalue weighted by atomic mass is 10.2. The maximum Gasteiger partial charge on any atom is 0.350 e. The molecule has 8 heteroatoms. The molecule has 1 unspecified atom stereocenters. The first-order valence-corrected chi connectivity index (χ1v) is 7.45. The Kier molecular flexibility index (Phi) is 5.78. The molecule has 0 bridgehead atoms. The zero-order chi connectivity index (χ0) is 13.6. The first kappa shape index (κ1) is 15.1. The van der Waals surface area contributed by atoms with E-state index < -0.39 is 19.7 Å². The Balaban J connectivity index is 2.57. The lowest BCUT2D eigenvalue weighted by molar-refractivity contribution is -0.152. The van der Waals surface area contributed by atoms with Crippen molar-refractivity contribution in [3.05, 3.63) is 0 Å². The van der Waals surface area contributed by atoms with Gasteiger partial charge in [0, 0.05) is 6.42 Å². The maximum atomic E-state index is 12.2. The lowest BCUT2D eigenvalue weighted by Gasteiger charge is -2.16. The van der Waals surface area contributed by atoms with E-state index in [1.165, 1.54) is 7.11 Å². The summed E-state index contributed by atoms with van der Waals surface area (Å²) in [5, 5.41) is 3.72. The second-order valence-corrected chi connectivity index (χ2v) is 5.64.